The Morgan fingerprint density at radius 3 is 2.67 bits per heavy atom. The zero-order valence-electron chi connectivity index (χ0n) is 10.0. The zero-order valence-corrected chi connectivity index (χ0v) is 10.8. The van der Waals surface area contributed by atoms with Gasteiger partial charge < -0.3 is 10.3 Å². The molecule has 2 aromatic rings. The minimum absolute atomic E-state index is 0.0922. The van der Waals surface area contributed by atoms with Crippen LogP contribution in [-0.2, 0) is 0 Å². The van der Waals surface area contributed by atoms with Crippen molar-refractivity contribution in [3.05, 3.63) is 46.3 Å². The summed E-state index contributed by atoms with van der Waals surface area (Å²) in [5.41, 5.74) is 6.10. The van der Waals surface area contributed by atoms with Gasteiger partial charge in [0, 0.05) is 16.5 Å². The van der Waals surface area contributed by atoms with E-state index in [2.05, 4.69) is 10.1 Å². The minimum atomic E-state index is -0.838. The molecule has 0 aliphatic carbocycles. The summed E-state index contributed by atoms with van der Waals surface area (Å²) in [5, 5.41) is 4.01. The van der Waals surface area contributed by atoms with E-state index < -0.39 is 11.9 Å². The van der Waals surface area contributed by atoms with E-state index in [9.17, 15) is 4.39 Å². The van der Waals surface area contributed by atoms with Gasteiger partial charge in [-0.25, -0.2) is 4.39 Å². The summed E-state index contributed by atoms with van der Waals surface area (Å²) in [5.74, 6) is 0.305. The van der Waals surface area contributed by atoms with Crippen molar-refractivity contribution >= 4 is 11.6 Å². The van der Waals surface area contributed by atoms with E-state index in [0.29, 0.717) is 5.89 Å². The lowest BCUT2D eigenvalue weighted by molar-refractivity contribution is 0.359. The highest BCUT2D eigenvalue weighted by atomic mass is 35.5. The van der Waals surface area contributed by atoms with Gasteiger partial charge in [-0.2, -0.15) is 4.98 Å². The Labute approximate surface area is 109 Å². The Morgan fingerprint density at radius 2 is 2.11 bits per heavy atom. The molecule has 0 saturated heterocycles. The second kappa shape index (κ2) is 5.04. The number of aromatic nitrogens is 2. The van der Waals surface area contributed by atoms with Crippen LogP contribution in [0.1, 0.15) is 43.1 Å². The molecule has 0 radical (unpaired) electrons. The predicted molar refractivity (Wildman–Crippen MR) is 65.8 cm³/mol. The molecule has 6 heteroatoms. The Hall–Kier alpha value is -1.46. The number of nitrogens with zero attached hydrogens (tertiary/aromatic N) is 2. The number of halogens is 2. The van der Waals surface area contributed by atoms with Crippen molar-refractivity contribution in [2.24, 2.45) is 5.73 Å². The largest absolute Gasteiger partial charge is 0.339 e. The van der Waals surface area contributed by atoms with E-state index in [0.717, 1.165) is 0 Å². The quantitative estimate of drug-likeness (QED) is 0.930. The lowest BCUT2D eigenvalue weighted by Gasteiger charge is -2.10. The van der Waals surface area contributed by atoms with E-state index in [4.69, 9.17) is 21.9 Å². The van der Waals surface area contributed by atoms with Crippen LogP contribution in [0.2, 0.25) is 5.02 Å². The molecule has 1 heterocycles. The van der Waals surface area contributed by atoms with Gasteiger partial charge in [0.05, 0.1) is 6.04 Å². The third-order valence-corrected chi connectivity index (χ3v) is 2.87. The first kappa shape index (κ1) is 13.0. The summed E-state index contributed by atoms with van der Waals surface area (Å²) < 4.78 is 18.7. The van der Waals surface area contributed by atoms with Crippen LogP contribution in [0.3, 0.4) is 0 Å². The highest BCUT2D eigenvalue weighted by molar-refractivity contribution is 6.31. The second-order valence-corrected chi connectivity index (χ2v) is 4.67. The summed E-state index contributed by atoms with van der Waals surface area (Å²) in [6, 6.07) is 3.55. The van der Waals surface area contributed by atoms with Gasteiger partial charge in [0.2, 0.25) is 5.89 Å². The molecule has 2 rings (SSSR count). The van der Waals surface area contributed by atoms with Crippen molar-refractivity contribution in [2.45, 2.75) is 25.8 Å². The van der Waals surface area contributed by atoms with Crippen LogP contribution in [0.25, 0.3) is 0 Å². The molecule has 1 atom stereocenters. The van der Waals surface area contributed by atoms with Crippen LogP contribution in [-0.4, -0.2) is 10.1 Å². The van der Waals surface area contributed by atoms with Gasteiger partial charge in [0.25, 0.3) is 0 Å². The fourth-order valence-electron chi connectivity index (χ4n) is 1.55. The Morgan fingerprint density at radius 1 is 1.39 bits per heavy atom. The third kappa shape index (κ3) is 2.37. The van der Waals surface area contributed by atoms with Gasteiger partial charge in [0.1, 0.15) is 5.82 Å². The summed E-state index contributed by atoms with van der Waals surface area (Å²) in [7, 11) is 0. The SMILES string of the molecule is CC(C)c1nc(C(N)c2c(F)cccc2Cl)no1. The third-order valence-electron chi connectivity index (χ3n) is 2.54. The van der Waals surface area contributed by atoms with E-state index >= 15 is 0 Å². The first-order chi connectivity index (χ1) is 8.50. The van der Waals surface area contributed by atoms with E-state index in [-0.39, 0.29) is 22.3 Å². The molecule has 0 amide bonds. The first-order valence-electron chi connectivity index (χ1n) is 5.53. The Kier molecular flexibility index (Phi) is 3.63. The normalized spacial score (nSPS) is 13.0. The molecular weight excluding hydrogens is 257 g/mol. The van der Waals surface area contributed by atoms with Gasteiger partial charge in [-0.15, -0.1) is 0 Å². The maximum Gasteiger partial charge on any atom is 0.229 e. The van der Waals surface area contributed by atoms with E-state index in [1.807, 2.05) is 13.8 Å². The molecule has 96 valence electrons. The first-order valence-corrected chi connectivity index (χ1v) is 5.91. The molecule has 1 aromatic heterocycles. The standard InChI is InChI=1S/C12H13ClFN3O/c1-6(2)12-16-11(17-18-12)10(15)9-7(13)4-3-5-8(9)14/h3-6,10H,15H2,1-2H3. The van der Waals surface area contributed by atoms with Gasteiger partial charge in [-0.05, 0) is 12.1 Å². The van der Waals surface area contributed by atoms with Gasteiger partial charge in [-0.3, -0.25) is 0 Å². The molecule has 0 bridgehead atoms. The molecule has 0 aliphatic rings. The number of hydrogen-bond acceptors (Lipinski definition) is 4. The molecule has 1 aromatic carbocycles. The molecule has 0 aliphatic heterocycles. The highest BCUT2D eigenvalue weighted by Crippen LogP contribution is 2.28. The average Bonchev–Trinajstić information content (AvgIpc) is 2.77. The molecule has 4 nitrogen and oxygen atoms in total. The maximum atomic E-state index is 13.7. The number of rotatable bonds is 3. The lowest BCUT2D eigenvalue weighted by Crippen LogP contribution is -2.16. The van der Waals surface area contributed by atoms with Crippen LogP contribution < -0.4 is 5.73 Å². The van der Waals surface area contributed by atoms with Crippen molar-refractivity contribution in [2.75, 3.05) is 0 Å². The predicted octanol–water partition coefficient (Wildman–Crippen LogP) is 3.03. The number of nitrogens with two attached hydrogens (primary N) is 1. The monoisotopic (exact) mass is 269 g/mol. The van der Waals surface area contributed by atoms with Gasteiger partial charge in [0.15, 0.2) is 5.82 Å². The van der Waals surface area contributed by atoms with Crippen molar-refractivity contribution in [1.82, 2.24) is 10.1 Å². The fraction of sp³-hybridized carbons (Fsp3) is 0.333. The minimum Gasteiger partial charge on any atom is -0.339 e. The molecule has 18 heavy (non-hydrogen) atoms. The summed E-state index contributed by atoms with van der Waals surface area (Å²) >= 11 is 5.94. The van der Waals surface area contributed by atoms with Crippen LogP contribution >= 0.6 is 11.6 Å². The molecule has 2 N–H and O–H groups in total. The van der Waals surface area contributed by atoms with Crippen molar-refractivity contribution in [1.29, 1.82) is 0 Å². The van der Waals surface area contributed by atoms with Crippen LogP contribution in [0.15, 0.2) is 22.7 Å². The van der Waals surface area contributed by atoms with Crippen LogP contribution in [0.5, 0.6) is 0 Å². The number of benzene rings is 1. The highest BCUT2D eigenvalue weighted by Gasteiger charge is 2.22. The topological polar surface area (TPSA) is 64.9 Å². The summed E-state index contributed by atoms with van der Waals surface area (Å²) in [6.45, 7) is 3.83. The number of hydrogen-bond donors (Lipinski definition) is 1. The van der Waals surface area contributed by atoms with Crippen LogP contribution in [0, 0.1) is 5.82 Å². The van der Waals surface area contributed by atoms with E-state index in [1.165, 1.54) is 12.1 Å². The van der Waals surface area contributed by atoms with E-state index in [1.54, 1.807) is 6.07 Å². The van der Waals surface area contributed by atoms with Gasteiger partial charge >= 0.3 is 0 Å². The molecule has 0 fully saturated rings. The molecule has 0 saturated carbocycles. The Bertz CT molecular complexity index is 536. The Balaban J connectivity index is 2.38. The smallest absolute Gasteiger partial charge is 0.229 e. The fourth-order valence-corrected chi connectivity index (χ4v) is 1.83. The summed E-state index contributed by atoms with van der Waals surface area (Å²) in [4.78, 5) is 4.14. The van der Waals surface area contributed by atoms with Crippen molar-refractivity contribution in [3.8, 4) is 0 Å². The average molecular weight is 270 g/mol. The lowest BCUT2D eigenvalue weighted by atomic mass is 10.1. The van der Waals surface area contributed by atoms with Crippen molar-refractivity contribution in [3.63, 3.8) is 0 Å². The van der Waals surface area contributed by atoms with Gasteiger partial charge in [-0.1, -0.05) is 36.7 Å². The zero-order chi connectivity index (χ0) is 13.3. The molecule has 0 spiro atoms. The maximum absolute atomic E-state index is 13.7. The van der Waals surface area contributed by atoms with Crippen molar-refractivity contribution < 1.29 is 8.91 Å². The molecule has 1 unspecified atom stereocenters. The second-order valence-electron chi connectivity index (χ2n) is 4.26. The van der Waals surface area contributed by atoms with Crippen LogP contribution in [0.4, 0.5) is 4.39 Å². The molecular formula is C12H13ClFN3O. The summed E-state index contributed by atoms with van der Waals surface area (Å²) in [6.07, 6.45) is 0.